The zero-order valence-electron chi connectivity index (χ0n) is 38.7. The van der Waals surface area contributed by atoms with E-state index in [9.17, 15) is 39.0 Å². The molecule has 2 atom stereocenters. The standard InChI is InChI=1S/C24H27ClN4O6.C23H25ClN4O6/c1-14(2)35-19-10-9-18(11-15(19)3)26-22-27-23(32)29(13-20(34-4)21(30)31)24(33)28(22)12-16-5-7-17(25)8-6-16;1-13(2)34-19-9-8-17(10-14(19)3)25-21-26-22(32)28(12-18(29)20(30)31)23(33)27(21)11-15-4-6-16(24)7-5-15/h5-11,14,20H,12-13H2,1-4H3,(H,30,31)(H,26,27,32);4-10,13,18,29H,11-12H2,1-3H3,(H,30,31)(H,25,26,32)/t20-;18-/m00/s1. The number of nitrogens with one attached hydrogen (secondary N) is 2. The highest BCUT2D eigenvalue weighted by Gasteiger charge is 2.23. The number of ether oxygens (including phenoxy) is 3. The number of aromatic nitrogens is 6. The Balaban J connectivity index is 0.000000258. The predicted molar refractivity (Wildman–Crippen MR) is 259 cm³/mol. The van der Waals surface area contributed by atoms with Gasteiger partial charge in [0.2, 0.25) is 11.9 Å². The first-order valence-corrected chi connectivity index (χ1v) is 22.1. The van der Waals surface area contributed by atoms with Crippen molar-refractivity contribution >= 4 is 58.4 Å². The molecule has 6 aromatic rings. The smallest absolute Gasteiger partial charge is 0.355 e. The van der Waals surface area contributed by atoms with Crippen LogP contribution in [0.15, 0.2) is 104 Å². The van der Waals surface area contributed by atoms with Crippen molar-refractivity contribution in [3.05, 3.63) is 159 Å². The first-order valence-electron chi connectivity index (χ1n) is 21.3. The molecule has 0 aliphatic heterocycles. The van der Waals surface area contributed by atoms with Gasteiger partial charge in [-0.1, -0.05) is 47.5 Å². The van der Waals surface area contributed by atoms with Gasteiger partial charge in [0, 0.05) is 28.5 Å². The van der Waals surface area contributed by atoms with E-state index >= 15 is 0 Å². The fourth-order valence-corrected chi connectivity index (χ4v) is 6.80. The molecule has 22 heteroatoms. The van der Waals surface area contributed by atoms with Gasteiger partial charge < -0.3 is 40.2 Å². The number of anilines is 4. The summed E-state index contributed by atoms with van der Waals surface area (Å²) in [5.74, 6) is -1.48. The number of aliphatic hydroxyl groups is 1. The number of benzene rings is 4. The van der Waals surface area contributed by atoms with E-state index in [0.29, 0.717) is 43.0 Å². The van der Waals surface area contributed by atoms with Gasteiger partial charge in [-0.05, 0) is 124 Å². The highest BCUT2D eigenvalue weighted by Crippen LogP contribution is 2.26. The fraction of sp³-hybridized carbons (Fsp3) is 0.319. The average molecular weight is 992 g/mol. The summed E-state index contributed by atoms with van der Waals surface area (Å²) in [6.45, 7) is 10.3. The maximum Gasteiger partial charge on any atom is 0.355 e. The number of methoxy groups -OCH3 is 1. The molecule has 0 amide bonds. The fourth-order valence-electron chi connectivity index (χ4n) is 6.55. The second-order valence-electron chi connectivity index (χ2n) is 16.1. The molecule has 0 bridgehead atoms. The SMILES string of the molecule is CO[C@@H](Cn1c(=O)nc(Nc2ccc(OC(C)C)c(C)c2)n(Cc2ccc(Cl)cc2)c1=O)C(=O)O.Cc1cc(Nc2nc(=O)n(C[C@H](O)C(=O)O)c(=O)n2Cc2ccc(Cl)cc2)ccc1OC(C)C. The van der Waals surface area contributed by atoms with Crippen molar-refractivity contribution in [1.82, 2.24) is 28.2 Å². The lowest BCUT2D eigenvalue weighted by molar-refractivity contribution is -0.149. The van der Waals surface area contributed by atoms with E-state index in [2.05, 4.69) is 20.6 Å². The molecule has 0 fully saturated rings. The summed E-state index contributed by atoms with van der Waals surface area (Å²) in [6, 6.07) is 24.2. The Hall–Kier alpha value is -7.26. The van der Waals surface area contributed by atoms with Crippen LogP contribution in [0.5, 0.6) is 11.5 Å². The van der Waals surface area contributed by atoms with E-state index in [0.717, 1.165) is 21.3 Å². The Bertz CT molecular complexity index is 3020. The minimum Gasteiger partial charge on any atom is -0.491 e. The molecule has 0 unspecified atom stereocenters. The number of hydrogen-bond donors (Lipinski definition) is 5. The van der Waals surface area contributed by atoms with Gasteiger partial charge in [0.05, 0.1) is 38.4 Å². The summed E-state index contributed by atoms with van der Waals surface area (Å²) >= 11 is 11.9. The van der Waals surface area contributed by atoms with Crippen LogP contribution in [0, 0.1) is 13.8 Å². The van der Waals surface area contributed by atoms with Crippen LogP contribution in [-0.4, -0.2) is 87.0 Å². The molecule has 0 saturated carbocycles. The second-order valence-corrected chi connectivity index (χ2v) is 17.0. The highest BCUT2D eigenvalue weighted by molar-refractivity contribution is 6.30. The van der Waals surface area contributed by atoms with Crippen LogP contribution in [0.3, 0.4) is 0 Å². The summed E-state index contributed by atoms with van der Waals surface area (Å²) in [6.07, 6.45) is -3.32. The van der Waals surface area contributed by atoms with Crippen LogP contribution in [0.25, 0.3) is 0 Å². The number of carbonyl (C=O) groups is 2. The van der Waals surface area contributed by atoms with Crippen LogP contribution in [-0.2, 0) is 40.5 Å². The lowest BCUT2D eigenvalue weighted by Crippen LogP contribution is -2.46. The van der Waals surface area contributed by atoms with E-state index in [1.807, 2.05) is 47.6 Å². The summed E-state index contributed by atoms with van der Waals surface area (Å²) in [4.78, 5) is 82.2. The number of carboxylic acid groups (broad SMARTS) is 2. The molecule has 0 saturated heterocycles. The van der Waals surface area contributed by atoms with Crippen molar-refractivity contribution < 1.29 is 39.1 Å². The monoisotopic (exact) mass is 990 g/mol. The van der Waals surface area contributed by atoms with Crippen LogP contribution < -0.4 is 42.9 Å². The van der Waals surface area contributed by atoms with Crippen molar-refractivity contribution in [1.29, 1.82) is 0 Å². The van der Waals surface area contributed by atoms with Gasteiger partial charge in [0.1, 0.15) is 11.5 Å². The molecule has 69 heavy (non-hydrogen) atoms. The number of hydrogen-bond acceptors (Lipinski definition) is 14. The predicted octanol–water partition coefficient (Wildman–Crippen LogP) is 5.44. The van der Waals surface area contributed by atoms with Crippen molar-refractivity contribution in [2.45, 2.75) is 92.1 Å². The third kappa shape index (κ3) is 14.4. The average Bonchev–Trinajstić information content (AvgIpc) is 3.28. The Morgan fingerprint density at radius 2 is 1.00 bits per heavy atom. The van der Waals surface area contributed by atoms with Crippen molar-refractivity contribution in [3.63, 3.8) is 0 Å². The summed E-state index contributed by atoms with van der Waals surface area (Å²) in [5.41, 5.74) is 0.817. The lowest BCUT2D eigenvalue weighted by atomic mass is 10.2. The molecule has 20 nitrogen and oxygen atoms in total. The molecule has 0 aliphatic rings. The third-order valence-electron chi connectivity index (χ3n) is 9.94. The van der Waals surface area contributed by atoms with E-state index in [1.54, 1.807) is 78.9 Å². The number of nitrogens with zero attached hydrogens (tertiary/aromatic N) is 6. The van der Waals surface area contributed by atoms with Gasteiger partial charge >= 0.3 is 34.7 Å². The first-order chi connectivity index (χ1) is 32.6. The van der Waals surface area contributed by atoms with Gasteiger partial charge in [0.25, 0.3) is 0 Å². The number of aryl methyl sites for hydroxylation is 2. The van der Waals surface area contributed by atoms with Gasteiger partial charge in [0.15, 0.2) is 12.2 Å². The van der Waals surface area contributed by atoms with Gasteiger partial charge in [-0.2, -0.15) is 9.97 Å². The Labute approximate surface area is 404 Å². The van der Waals surface area contributed by atoms with E-state index in [4.69, 9.17) is 42.5 Å². The number of aliphatic carboxylic acids is 2. The minimum absolute atomic E-state index is 0.00234. The minimum atomic E-state index is -1.94. The maximum atomic E-state index is 13.3. The van der Waals surface area contributed by atoms with Gasteiger partial charge in [-0.25, -0.2) is 37.9 Å². The van der Waals surface area contributed by atoms with Gasteiger partial charge in [-0.3, -0.25) is 9.13 Å². The largest absolute Gasteiger partial charge is 0.491 e. The quantitative estimate of drug-likeness (QED) is 0.0677. The number of aliphatic hydroxyl groups excluding tert-OH is 1. The molecule has 6 rings (SSSR count). The first kappa shape index (κ1) is 52.7. The molecule has 0 aliphatic carbocycles. The topological polar surface area (TPSA) is 260 Å². The molecule has 2 heterocycles. The molecular formula is C47H52Cl2N8O12. The molecule has 0 spiro atoms. The Kier molecular flexibility index (Phi) is 18.1. The van der Waals surface area contributed by atoms with Crippen LogP contribution in [0.2, 0.25) is 10.0 Å². The molecule has 2 aromatic heterocycles. The Morgan fingerprint density at radius 1 is 0.609 bits per heavy atom. The number of halogens is 2. The number of carboxylic acids is 2. The zero-order chi connectivity index (χ0) is 50.7. The van der Waals surface area contributed by atoms with E-state index < -0.39 is 60.0 Å². The van der Waals surface area contributed by atoms with Crippen molar-refractivity contribution in [2.75, 3.05) is 17.7 Å². The molecule has 366 valence electrons. The Morgan fingerprint density at radius 3 is 1.33 bits per heavy atom. The summed E-state index contributed by atoms with van der Waals surface area (Å²) < 4.78 is 20.2. The normalized spacial score (nSPS) is 11.9. The highest BCUT2D eigenvalue weighted by atomic mass is 35.5. The number of rotatable bonds is 19. The van der Waals surface area contributed by atoms with Crippen molar-refractivity contribution in [2.24, 2.45) is 0 Å². The van der Waals surface area contributed by atoms with Gasteiger partial charge in [-0.15, -0.1) is 0 Å². The second kappa shape index (κ2) is 23.6. The van der Waals surface area contributed by atoms with Crippen molar-refractivity contribution in [3.8, 4) is 11.5 Å². The van der Waals surface area contributed by atoms with Crippen LogP contribution >= 0.6 is 23.2 Å². The zero-order valence-corrected chi connectivity index (χ0v) is 40.2. The summed E-state index contributed by atoms with van der Waals surface area (Å²) in [7, 11) is 1.19. The molecule has 5 N–H and O–H groups in total. The third-order valence-corrected chi connectivity index (χ3v) is 10.4. The molecule has 0 radical (unpaired) electrons. The van der Waals surface area contributed by atoms with E-state index in [1.165, 1.54) is 16.2 Å². The summed E-state index contributed by atoms with van der Waals surface area (Å²) in [5, 5.41) is 35.0. The van der Waals surface area contributed by atoms with E-state index in [-0.39, 0.29) is 37.2 Å². The molecular weight excluding hydrogens is 939 g/mol. The molecule has 4 aromatic carbocycles. The maximum absolute atomic E-state index is 13.3. The lowest BCUT2D eigenvalue weighted by Gasteiger charge is -2.18. The van der Waals surface area contributed by atoms with Crippen LogP contribution in [0.1, 0.15) is 49.9 Å². The van der Waals surface area contributed by atoms with Crippen LogP contribution in [0.4, 0.5) is 23.3 Å².